The molecule has 0 rings (SSSR count). The summed E-state index contributed by atoms with van der Waals surface area (Å²) in [4.78, 5) is 2.26. The molecule has 0 aromatic heterocycles. The van der Waals surface area contributed by atoms with Crippen molar-refractivity contribution in [1.82, 2.24) is 4.90 Å². The fourth-order valence-electron chi connectivity index (χ4n) is 2.06. The molecular formula is C11H22N2. The Kier molecular flexibility index (Phi) is 5.02. The SMILES string of the molecule is CCN(CC)C(C#N)(CC)C(C)C. The molecule has 0 aliphatic carbocycles. The predicted octanol–water partition coefficient (Wildman–Crippen LogP) is 2.66. The minimum absolute atomic E-state index is 0.260. The summed E-state index contributed by atoms with van der Waals surface area (Å²) in [5.74, 6) is 0.391. The summed E-state index contributed by atoms with van der Waals surface area (Å²) in [7, 11) is 0. The minimum Gasteiger partial charge on any atom is -0.286 e. The maximum Gasteiger partial charge on any atom is 0.111 e. The van der Waals surface area contributed by atoms with Gasteiger partial charge in [-0.1, -0.05) is 34.6 Å². The van der Waals surface area contributed by atoms with E-state index in [4.69, 9.17) is 0 Å². The second kappa shape index (κ2) is 5.24. The van der Waals surface area contributed by atoms with E-state index in [1.54, 1.807) is 0 Å². The molecule has 0 spiro atoms. The normalized spacial score (nSPS) is 15.8. The van der Waals surface area contributed by atoms with Crippen molar-refractivity contribution in [3.63, 3.8) is 0 Å². The first kappa shape index (κ1) is 12.4. The second-order valence-electron chi connectivity index (χ2n) is 3.72. The van der Waals surface area contributed by atoms with E-state index in [0.717, 1.165) is 19.5 Å². The lowest BCUT2D eigenvalue weighted by Gasteiger charge is -2.40. The highest BCUT2D eigenvalue weighted by Gasteiger charge is 2.36. The van der Waals surface area contributed by atoms with E-state index in [1.807, 2.05) is 0 Å². The molecule has 1 atom stereocenters. The van der Waals surface area contributed by atoms with Crippen molar-refractivity contribution in [1.29, 1.82) is 5.26 Å². The summed E-state index contributed by atoms with van der Waals surface area (Å²) in [6.07, 6.45) is 0.906. The van der Waals surface area contributed by atoms with E-state index >= 15 is 0 Å². The highest BCUT2D eigenvalue weighted by Crippen LogP contribution is 2.27. The first-order valence-corrected chi connectivity index (χ1v) is 5.25. The molecule has 13 heavy (non-hydrogen) atoms. The monoisotopic (exact) mass is 182 g/mol. The molecule has 76 valence electrons. The van der Waals surface area contributed by atoms with Crippen molar-refractivity contribution in [3.05, 3.63) is 0 Å². The van der Waals surface area contributed by atoms with E-state index in [0.29, 0.717) is 5.92 Å². The zero-order valence-electron chi connectivity index (χ0n) is 9.59. The summed E-state index contributed by atoms with van der Waals surface area (Å²) in [6.45, 7) is 12.5. The molecular weight excluding hydrogens is 160 g/mol. The van der Waals surface area contributed by atoms with Crippen LogP contribution in [0.3, 0.4) is 0 Å². The van der Waals surface area contributed by atoms with Gasteiger partial charge in [-0.15, -0.1) is 0 Å². The van der Waals surface area contributed by atoms with Crippen molar-refractivity contribution >= 4 is 0 Å². The molecule has 0 amide bonds. The number of rotatable bonds is 5. The summed E-state index contributed by atoms with van der Waals surface area (Å²) in [5.41, 5.74) is -0.260. The Morgan fingerprint density at radius 1 is 1.23 bits per heavy atom. The summed E-state index contributed by atoms with van der Waals surface area (Å²) >= 11 is 0. The van der Waals surface area contributed by atoms with Gasteiger partial charge in [0.15, 0.2) is 0 Å². The first-order chi connectivity index (χ1) is 6.08. The fourth-order valence-corrected chi connectivity index (χ4v) is 2.06. The molecule has 0 bridgehead atoms. The number of nitrogens with zero attached hydrogens (tertiary/aromatic N) is 2. The van der Waals surface area contributed by atoms with Crippen LogP contribution in [0.2, 0.25) is 0 Å². The van der Waals surface area contributed by atoms with Crippen molar-refractivity contribution in [3.8, 4) is 6.07 Å². The maximum atomic E-state index is 9.29. The molecule has 1 unspecified atom stereocenters. The van der Waals surface area contributed by atoms with Gasteiger partial charge in [0.2, 0.25) is 0 Å². The van der Waals surface area contributed by atoms with Crippen molar-refractivity contribution in [2.24, 2.45) is 5.92 Å². The highest BCUT2D eigenvalue weighted by atomic mass is 15.2. The molecule has 0 aliphatic heterocycles. The lowest BCUT2D eigenvalue weighted by Crippen LogP contribution is -2.51. The van der Waals surface area contributed by atoms with Gasteiger partial charge in [-0.3, -0.25) is 4.90 Å². The van der Waals surface area contributed by atoms with E-state index in [9.17, 15) is 5.26 Å². The van der Waals surface area contributed by atoms with Crippen LogP contribution in [-0.2, 0) is 0 Å². The van der Waals surface area contributed by atoms with Gasteiger partial charge in [0.05, 0.1) is 6.07 Å². The van der Waals surface area contributed by atoms with E-state index in [1.165, 1.54) is 0 Å². The van der Waals surface area contributed by atoms with Gasteiger partial charge in [-0.05, 0) is 25.4 Å². The zero-order chi connectivity index (χ0) is 10.5. The molecule has 0 N–H and O–H groups in total. The first-order valence-electron chi connectivity index (χ1n) is 5.25. The van der Waals surface area contributed by atoms with Crippen LogP contribution in [0.15, 0.2) is 0 Å². The van der Waals surface area contributed by atoms with Crippen LogP contribution in [0.4, 0.5) is 0 Å². The fraction of sp³-hybridized carbons (Fsp3) is 0.909. The van der Waals surface area contributed by atoms with Crippen LogP contribution in [0, 0.1) is 17.2 Å². The Morgan fingerprint density at radius 2 is 1.69 bits per heavy atom. The molecule has 0 saturated heterocycles. The van der Waals surface area contributed by atoms with E-state index in [2.05, 4.69) is 45.6 Å². The van der Waals surface area contributed by atoms with Crippen molar-refractivity contribution in [2.75, 3.05) is 13.1 Å². The van der Waals surface area contributed by atoms with Crippen LogP contribution in [0.1, 0.15) is 41.0 Å². The van der Waals surface area contributed by atoms with Crippen LogP contribution in [0.5, 0.6) is 0 Å². The standard InChI is InChI=1S/C11H22N2/c1-6-11(9-12,10(4)5)13(7-2)8-3/h10H,6-8H2,1-5H3. The molecule has 0 aromatic rings. The molecule has 0 heterocycles. The van der Waals surface area contributed by atoms with Gasteiger partial charge < -0.3 is 0 Å². The van der Waals surface area contributed by atoms with Gasteiger partial charge in [-0.25, -0.2) is 0 Å². The van der Waals surface area contributed by atoms with Gasteiger partial charge in [0.25, 0.3) is 0 Å². The average molecular weight is 182 g/mol. The quantitative estimate of drug-likeness (QED) is 0.653. The number of hydrogen-bond acceptors (Lipinski definition) is 2. The van der Waals surface area contributed by atoms with Gasteiger partial charge in [-0.2, -0.15) is 5.26 Å². The average Bonchev–Trinajstić information content (AvgIpc) is 2.13. The summed E-state index contributed by atoms with van der Waals surface area (Å²) in [6, 6.07) is 2.49. The van der Waals surface area contributed by atoms with E-state index in [-0.39, 0.29) is 5.54 Å². The van der Waals surface area contributed by atoms with Crippen molar-refractivity contribution in [2.45, 2.75) is 46.6 Å². The lowest BCUT2D eigenvalue weighted by molar-refractivity contribution is 0.101. The van der Waals surface area contributed by atoms with Crippen LogP contribution in [-0.4, -0.2) is 23.5 Å². The Bertz CT molecular complexity index is 177. The molecule has 0 aromatic carbocycles. The number of hydrogen-bond donors (Lipinski definition) is 0. The Morgan fingerprint density at radius 3 is 1.77 bits per heavy atom. The van der Waals surface area contributed by atoms with Crippen LogP contribution < -0.4 is 0 Å². The predicted molar refractivity (Wildman–Crippen MR) is 56.4 cm³/mol. The molecule has 0 saturated carbocycles. The van der Waals surface area contributed by atoms with Gasteiger partial charge >= 0.3 is 0 Å². The smallest absolute Gasteiger partial charge is 0.111 e. The summed E-state index contributed by atoms with van der Waals surface area (Å²) in [5, 5.41) is 9.29. The molecule has 0 aliphatic rings. The third-order valence-electron chi connectivity index (χ3n) is 3.02. The van der Waals surface area contributed by atoms with Gasteiger partial charge in [0, 0.05) is 0 Å². The maximum absolute atomic E-state index is 9.29. The summed E-state index contributed by atoms with van der Waals surface area (Å²) < 4.78 is 0. The highest BCUT2D eigenvalue weighted by molar-refractivity contribution is 5.09. The van der Waals surface area contributed by atoms with Crippen LogP contribution >= 0.6 is 0 Å². The Balaban J connectivity index is 4.86. The molecule has 2 heteroatoms. The van der Waals surface area contributed by atoms with Crippen molar-refractivity contribution < 1.29 is 0 Å². The third-order valence-corrected chi connectivity index (χ3v) is 3.02. The van der Waals surface area contributed by atoms with Gasteiger partial charge in [0.1, 0.15) is 5.54 Å². The second-order valence-corrected chi connectivity index (χ2v) is 3.72. The molecule has 0 radical (unpaired) electrons. The largest absolute Gasteiger partial charge is 0.286 e. The van der Waals surface area contributed by atoms with E-state index < -0.39 is 0 Å². The Labute approximate surface area is 82.5 Å². The minimum atomic E-state index is -0.260. The third kappa shape index (κ3) is 2.22. The Hall–Kier alpha value is -0.550. The van der Waals surface area contributed by atoms with Crippen LogP contribution in [0.25, 0.3) is 0 Å². The molecule has 0 fully saturated rings. The zero-order valence-corrected chi connectivity index (χ0v) is 9.59. The lowest BCUT2D eigenvalue weighted by atomic mass is 9.83. The molecule has 2 nitrogen and oxygen atoms in total. The topological polar surface area (TPSA) is 27.0 Å². The number of nitriles is 1.